The van der Waals surface area contributed by atoms with Crippen molar-refractivity contribution in [1.82, 2.24) is 4.98 Å². The number of aromatic nitrogens is 1. The first-order chi connectivity index (χ1) is 7.21. The van der Waals surface area contributed by atoms with E-state index in [9.17, 15) is 0 Å². The molecule has 0 aromatic carbocycles. The Balaban J connectivity index is 2.92. The van der Waals surface area contributed by atoms with E-state index in [1.807, 2.05) is 13.8 Å². The van der Waals surface area contributed by atoms with Crippen LogP contribution in [0.3, 0.4) is 0 Å². The Morgan fingerprint density at radius 3 is 2.87 bits per heavy atom. The first kappa shape index (κ1) is 11.5. The Kier molecular flexibility index (Phi) is 4.07. The molecule has 1 aromatic heterocycles. The van der Waals surface area contributed by atoms with Gasteiger partial charge in [-0.3, -0.25) is 0 Å². The molecule has 0 amide bonds. The lowest BCUT2D eigenvalue weighted by atomic mass is 10.2. The molecule has 0 bridgehead atoms. The Labute approximate surface area is 89.6 Å². The van der Waals surface area contributed by atoms with E-state index in [1.165, 1.54) is 0 Å². The SMILES string of the molecule is CCC(CO)Nc1nc(C)ccc1C#N. The molecule has 2 N–H and O–H groups in total. The number of rotatable bonds is 4. The molecular weight excluding hydrogens is 190 g/mol. The quantitative estimate of drug-likeness (QED) is 0.780. The molecule has 1 heterocycles. The molecule has 0 aliphatic heterocycles. The van der Waals surface area contributed by atoms with E-state index >= 15 is 0 Å². The van der Waals surface area contributed by atoms with Crippen LogP contribution in [-0.2, 0) is 0 Å². The Morgan fingerprint density at radius 1 is 1.60 bits per heavy atom. The van der Waals surface area contributed by atoms with Gasteiger partial charge in [0, 0.05) is 5.69 Å². The van der Waals surface area contributed by atoms with Gasteiger partial charge in [-0.05, 0) is 25.5 Å². The van der Waals surface area contributed by atoms with Crippen molar-refractivity contribution in [2.45, 2.75) is 26.3 Å². The number of nitrogens with zero attached hydrogens (tertiary/aromatic N) is 2. The lowest BCUT2D eigenvalue weighted by molar-refractivity contribution is 0.271. The van der Waals surface area contributed by atoms with Crippen molar-refractivity contribution >= 4 is 5.82 Å². The molecule has 0 aliphatic carbocycles. The van der Waals surface area contributed by atoms with Gasteiger partial charge in [-0.1, -0.05) is 6.92 Å². The number of pyridine rings is 1. The summed E-state index contributed by atoms with van der Waals surface area (Å²) in [7, 11) is 0. The molecule has 0 aliphatic rings. The van der Waals surface area contributed by atoms with Crippen LogP contribution >= 0.6 is 0 Å². The molecule has 0 saturated carbocycles. The van der Waals surface area contributed by atoms with Crippen LogP contribution in [0.1, 0.15) is 24.6 Å². The number of aryl methyl sites for hydroxylation is 1. The topological polar surface area (TPSA) is 68.9 Å². The summed E-state index contributed by atoms with van der Waals surface area (Å²) in [6, 6.07) is 5.55. The first-order valence-electron chi connectivity index (χ1n) is 4.96. The highest BCUT2D eigenvalue weighted by Crippen LogP contribution is 2.13. The van der Waals surface area contributed by atoms with Crippen LogP contribution in [-0.4, -0.2) is 22.7 Å². The molecular formula is C11H15N3O. The largest absolute Gasteiger partial charge is 0.394 e. The summed E-state index contributed by atoms with van der Waals surface area (Å²) in [6.07, 6.45) is 0.789. The van der Waals surface area contributed by atoms with E-state index in [-0.39, 0.29) is 12.6 Å². The highest BCUT2D eigenvalue weighted by Gasteiger charge is 2.09. The van der Waals surface area contributed by atoms with Crippen LogP contribution in [0.4, 0.5) is 5.82 Å². The van der Waals surface area contributed by atoms with Gasteiger partial charge in [0.05, 0.1) is 18.2 Å². The third-order valence-electron chi connectivity index (χ3n) is 2.21. The minimum Gasteiger partial charge on any atom is -0.394 e. The molecule has 1 aromatic rings. The van der Waals surface area contributed by atoms with Gasteiger partial charge in [0.15, 0.2) is 0 Å². The Morgan fingerprint density at radius 2 is 2.33 bits per heavy atom. The van der Waals surface area contributed by atoms with Crippen molar-refractivity contribution in [3.63, 3.8) is 0 Å². The fourth-order valence-electron chi connectivity index (χ4n) is 1.23. The minimum atomic E-state index is -0.0496. The third kappa shape index (κ3) is 2.93. The zero-order chi connectivity index (χ0) is 11.3. The summed E-state index contributed by atoms with van der Waals surface area (Å²) in [4.78, 5) is 4.23. The smallest absolute Gasteiger partial charge is 0.144 e. The molecule has 4 heteroatoms. The van der Waals surface area contributed by atoms with E-state index in [1.54, 1.807) is 12.1 Å². The van der Waals surface area contributed by atoms with Crippen molar-refractivity contribution < 1.29 is 5.11 Å². The highest BCUT2D eigenvalue weighted by atomic mass is 16.3. The second kappa shape index (κ2) is 5.32. The first-order valence-corrected chi connectivity index (χ1v) is 4.96. The standard InChI is InChI=1S/C11H15N3O/c1-3-10(7-15)14-11-9(6-12)5-4-8(2)13-11/h4-5,10,15H,3,7H2,1-2H3,(H,13,14). The molecule has 0 fully saturated rings. The normalized spacial score (nSPS) is 11.9. The number of aliphatic hydroxyl groups is 1. The summed E-state index contributed by atoms with van der Waals surface area (Å²) in [5.74, 6) is 0.554. The van der Waals surface area contributed by atoms with E-state index in [4.69, 9.17) is 10.4 Å². The van der Waals surface area contributed by atoms with Crippen molar-refractivity contribution in [3.8, 4) is 6.07 Å². The summed E-state index contributed by atoms with van der Waals surface area (Å²) < 4.78 is 0. The lowest BCUT2D eigenvalue weighted by Gasteiger charge is -2.15. The fourth-order valence-corrected chi connectivity index (χ4v) is 1.23. The summed E-state index contributed by atoms with van der Waals surface area (Å²) in [5, 5.41) is 21.0. The fraction of sp³-hybridized carbons (Fsp3) is 0.455. The molecule has 4 nitrogen and oxygen atoms in total. The average molecular weight is 205 g/mol. The van der Waals surface area contributed by atoms with Crippen molar-refractivity contribution in [1.29, 1.82) is 5.26 Å². The van der Waals surface area contributed by atoms with Crippen molar-refractivity contribution in [3.05, 3.63) is 23.4 Å². The van der Waals surface area contributed by atoms with Gasteiger partial charge in [0.1, 0.15) is 11.9 Å². The van der Waals surface area contributed by atoms with Crippen LogP contribution in [0.5, 0.6) is 0 Å². The van der Waals surface area contributed by atoms with Crippen molar-refractivity contribution in [2.24, 2.45) is 0 Å². The maximum Gasteiger partial charge on any atom is 0.144 e. The van der Waals surface area contributed by atoms with Gasteiger partial charge in [0.25, 0.3) is 0 Å². The molecule has 1 rings (SSSR count). The van der Waals surface area contributed by atoms with Crippen LogP contribution in [0.25, 0.3) is 0 Å². The van der Waals surface area contributed by atoms with E-state index in [0.29, 0.717) is 11.4 Å². The third-order valence-corrected chi connectivity index (χ3v) is 2.21. The van der Waals surface area contributed by atoms with E-state index < -0.39 is 0 Å². The monoisotopic (exact) mass is 205 g/mol. The molecule has 80 valence electrons. The van der Waals surface area contributed by atoms with E-state index in [0.717, 1.165) is 12.1 Å². The average Bonchev–Trinajstić information content (AvgIpc) is 2.26. The number of nitriles is 1. The number of nitrogens with one attached hydrogen (secondary N) is 1. The maximum absolute atomic E-state index is 9.05. The molecule has 1 atom stereocenters. The second-order valence-electron chi connectivity index (χ2n) is 3.39. The van der Waals surface area contributed by atoms with Gasteiger partial charge in [-0.2, -0.15) is 5.26 Å². The zero-order valence-electron chi connectivity index (χ0n) is 8.99. The van der Waals surface area contributed by atoms with Crippen LogP contribution in [0, 0.1) is 18.3 Å². The van der Waals surface area contributed by atoms with Crippen molar-refractivity contribution in [2.75, 3.05) is 11.9 Å². The summed E-state index contributed by atoms with van der Waals surface area (Å²) in [5.41, 5.74) is 1.36. The summed E-state index contributed by atoms with van der Waals surface area (Å²) >= 11 is 0. The molecule has 0 radical (unpaired) electrons. The van der Waals surface area contributed by atoms with Gasteiger partial charge in [-0.15, -0.1) is 0 Å². The van der Waals surface area contributed by atoms with Gasteiger partial charge in [0.2, 0.25) is 0 Å². The Hall–Kier alpha value is -1.60. The number of anilines is 1. The van der Waals surface area contributed by atoms with Gasteiger partial charge >= 0.3 is 0 Å². The molecule has 1 unspecified atom stereocenters. The maximum atomic E-state index is 9.05. The lowest BCUT2D eigenvalue weighted by Crippen LogP contribution is -2.23. The second-order valence-corrected chi connectivity index (χ2v) is 3.39. The molecule has 15 heavy (non-hydrogen) atoms. The van der Waals surface area contributed by atoms with Crippen LogP contribution in [0.2, 0.25) is 0 Å². The number of aliphatic hydroxyl groups excluding tert-OH is 1. The molecule has 0 saturated heterocycles. The van der Waals surface area contributed by atoms with Crippen LogP contribution in [0.15, 0.2) is 12.1 Å². The molecule has 0 spiro atoms. The predicted molar refractivity (Wildman–Crippen MR) is 58.5 cm³/mol. The predicted octanol–water partition coefficient (Wildman–Crippen LogP) is 1.44. The Bertz CT molecular complexity index is 367. The minimum absolute atomic E-state index is 0.0387. The van der Waals surface area contributed by atoms with E-state index in [2.05, 4.69) is 16.4 Å². The van der Waals surface area contributed by atoms with Gasteiger partial charge in [-0.25, -0.2) is 4.98 Å². The van der Waals surface area contributed by atoms with Crippen LogP contribution < -0.4 is 5.32 Å². The summed E-state index contributed by atoms with van der Waals surface area (Å²) in [6.45, 7) is 3.87. The number of hydrogen-bond acceptors (Lipinski definition) is 4. The highest BCUT2D eigenvalue weighted by molar-refractivity contribution is 5.52. The number of hydrogen-bond donors (Lipinski definition) is 2. The van der Waals surface area contributed by atoms with Gasteiger partial charge < -0.3 is 10.4 Å². The zero-order valence-corrected chi connectivity index (χ0v) is 8.99.